The predicted molar refractivity (Wildman–Crippen MR) is 193 cm³/mol. The summed E-state index contributed by atoms with van der Waals surface area (Å²) in [5, 5.41) is 4.44. The predicted octanol–water partition coefficient (Wildman–Crippen LogP) is 11.5. The zero-order chi connectivity index (χ0) is 30.8. The Labute approximate surface area is 269 Å². The van der Waals surface area contributed by atoms with Gasteiger partial charge in [0.05, 0.1) is 22.3 Å². The second kappa shape index (κ2) is 10.4. The summed E-state index contributed by atoms with van der Waals surface area (Å²) >= 11 is 1.85. The van der Waals surface area contributed by atoms with Gasteiger partial charge in [-0.15, -0.1) is 11.3 Å². The number of thiophene rings is 1. The lowest BCUT2D eigenvalue weighted by Gasteiger charge is -2.12. The first-order valence-electron chi connectivity index (χ1n) is 15.3. The monoisotopic (exact) mass is 609 g/mol. The molecule has 0 bridgehead atoms. The molecule has 4 nitrogen and oxygen atoms in total. The van der Waals surface area contributed by atoms with E-state index in [2.05, 4.69) is 96.9 Å². The lowest BCUT2D eigenvalue weighted by Crippen LogP contribution is -1.98. The van der Waals surface area contributed by atoms with E-state index in [4.69, 9.17) is 14.4 Å². The van der Waals surface area contributed by atoms with Gasteiger partial charge in [-0.2, -0.15) is 4.98 Å². The van der Waals surface area contributed by atoms with Gasteiger partial charge in [0.25, 0.3) is 0 Å². The van der Waals surface area contributed by atoms with Gasteiger partial charge >= 0.3 is 0 Å². The van der Waals surface area contributed by atoms with Crippen molar-refractivity contribution in [1.82, 2.24) is 14.5 Å². The van der Waals surface area contributed by atoms with Crippen LogP contribution in [0.15, 0.2) is 138 Å². The molecule has 9 aromatic rings. The maximum Gasteiger partial charge on any atom is 0.231 e. The number of furan rings is 1. The summed E-state index contributed by atoms with van der Waals surface area (Å²) in [7, 11) is 0. The molecule has 5 heteroatoms. The van der Waals surface area contributed by atoms with Crippen LogP contribution >= 0.6 is 11.3 Å². The molecule has 0 atom stereocenters. The summed E-state index contributed by atoms with van der Waals surface area (Å²) in [6.07, 6.45) is 1.99. The van der Waals surface area contributed by atoms with E-state index in [1.165, 1.54) is 31.5 Å². The average molecular weight is 610 g/mol. The largest absolute Gasteiger partial charge is 0.438 e. The minimum Gasteiger partial charge on any atom is -0.438 e. The van der Waals surface area contributed by atoms with Crippen LogP contribution in [-0.2, 0) is 0 Å². The summed E-state index contributed by atoms with van der Waals surface area (Å²) in [4.78, 5) is 11.3. The molecule has 0 aliphatic carbocycles. The van der Waals surface area contributed by atoms with Gasteiger partial charge in [0.1, 0.15) is 5.58 Å². The quantitative estimate of drug-likeness (QED) is 0.195. The second-order valence-corrected chi connectivity index (χ2v) is 12.5. The average Bonchev–Trinajstić information content (AvgIpc) is 3.77. The summed E-state index contributed by atoms with van der Waals surface area (Å²) in [6.45, 7) is 6.53. The fourth-order valence-corrected chi connectivity index (χ4v) is 7.98. The second-order valence-electron chi connectivity index (χ2n) is 11.5. The molecular formula is C41H27N3OS. The standard InChI is InChI=1S/C41H27N3OS/c1-3-32-36(39-25(2)29-15-9-12-20-35(29)46-39)30-16-7-10-18-33(30)44(32)28-23-21-26(22-24-28)38-37-31-17-8-11-19-34(31)45-41(37)43-40(42-38)27-13-5-4-6-14-27/h3-24H,1H2,2H3. The number of benzene rings is 5. The normalized spacial score (nSPS) is 11.7. The Hall–Kier alpha value is -5.78. The molecule has 0 saturated carbocycles. The van der Waals surface area contributed by atoms with Gasteiger partial charge in [-0.3, -0.25) is 0 Å². The van der Waals surface area contributed by atoms with Crippen LogP contribution in [0.25, 0.3) is 87.9 Å². The van der Waals surface area contributed by atoms with E-state index in [-0.39, 0.29) is 0 Å². The van der Waals surface area contributed by atoms with Crippen LogP contribution in [0.4, 0.5) is 0 Å². The van der Waals surface area contributed by atoms with Crippen molar-refractivity contribution in [3.63, 3.8) is 0 Å². The molecule has 4 aromatic heterocycles. The van der Waals surface area contributed by atoms with Gasteiger partial charge in [0, 0.05) is 42.7 Å². The maximum absolute atomic E-state index is 6.26. The molecule has 0 unspecified atom stereocenters. The van der Waals surface area contributed by atoms with E-state index in [1.54, 1.807) is 0 Å². The van der Waals surface area contributed by atoms with Crippen molar-refractivity contribution >= 4 is 60.5 Å². The van der Waals surface area contributed by atoms with Gasteiger partial charge in [-0.05, 0) is 54.3 Å². The van der Waals surface area contributed by atoms with Crippen LogP contribution in [0, 0.1) is 6.92 Å². The Morgan fingerprint density at radius 3 is 2.17 bits per heavy atom. The number of nitrogens with zero attached hydrogens (tertiary/aromatic N) is 3. The maximum atomic E-state index is 6.26. The van der Waals surface area contributed by atoms with Crippen LogP contribution < -0.4 is 0 Å². The SMILES string of the molecule is C=Cc1c(-c2sc3ccccc3c2C)c2ccccc2n1-c1ccc(-c2nc(-c3ccccc3)nc3oc4ccccc4c23)cc1. The molecule has 0 saturated heterocycles. The highest BCUT2D eigenvalue weighted by molar-refractivity contribution is 7.22. The summed E-state index contributed by atoms with van der Waals surface area (Å²) < 4.78 is 9.88. The first-order chi connectivity index (χ1) is 22.7. The Bertz CT molecular complexity index is 2610. The molecule has 9 rings (SSSR count). The van der Waals surface area contributed by atoms with Crippen molar-refractivity contribution in [1.29, 1.82) is 0 Å². The minimum absolute atomic E-state index is 0.586. The Morgan fingerprint density at radius 2 is 1.39 bits per heavy atom. The number of fused-ring (bicyclic) bond motifs is 5. The highest BCUT2D eigenvalue weighted by atomic mass is 32.1. The number of aromatic nitrogens is 3. The van der Waals surface area contributed by atoms with E-state index in [9.17, 15) is 0 Å². The van der Waals surface area contributed by atoms with Gasteiger partial charge in [0.2, 0.25) is 5.71 Å². The van der Waals surface area contributed by atoms with E-state index in [0.29, 0.717) is 11.5 Å². The first kappa shape index (κ1) is 26.6. The zero-order valence-corrected chi connectivity index (χ0v) is 25.9. The van der Waals surface area contributed by atoms with Crippen LogP contribution in [-0.4, -0.2) is 14.5 Å². The Morgan fingerprint density at radius 1 is 0.696 bits per heavy atom. The molecule has 0 radical (unpaired) electrons. The van der Waals surface area contributed by atoms with Crippen molar-refractivity contribution in [3.8, 4) is 38.8 Å². The van der Waals surface area contributed by atoms with Crippen LogP contribution in [0.1, 0.15) is 11.3 Å². The smallest absolute Gasteiger partial charge is 0.231 e. The van der Waals surface area contributed by atoms with Crippen molar-refractivity contribution in [3.05, 3.63) is 145 Å². The fraction of sp³-hybridized carbons (Fsp3) is 0.0244. The number of hydrogen-bond acceptors (Lipinski definition) is 4. The topological polar surface area (TPSA) is 43.9 Å². The summed E-state index contributed by atoms with van der Waals surface area (Å²) in [5.41, 5.74) is 10.00. The molecule has 0 aliphatic heterocycles. The highest BCUT2D eigenvalue weighted by Crippen LogP contribution is 2.45. The van der Waals surface area contributed by atoms with Crippen molar-refractivity contribution in [2.24, 2.45) is 0 Å². The molecule has 46 heavy (non-hydrogen) atoms. The molecule has 4 heterocycles. The van der Waals surface area contributed by atoms with E-state index >= 15 is 0 Å². The number of hydrogen-bond donors (Lipinski definition) is 0. The Balaban J connectivity index is 1.24. The highest BCUT2D eigenvalue weighted by Gasteiger charge is 2.22. The van der Waals surface area contributed by atoms with Crippen LogP contribution in [0.5, 0.6) is 0 Å². The molecule has 0 aliphatic rings. The van der Waals surface area contributed by atoms with Crippen LogP contribution in [0.3, 0.4) is 0 Å². The molecule has 5 aromatic carbocycles. The summed E-state index contributed by atoms with van der Waals surface area (Å²) in [6, 6.07) is 44.1. The lowest BCUT2D eigenvalue weighted by atomic mass is 10.0. The van der Waals surface area contributed by atoms with E-state index in [0.717, 1.165) is 50.1 Å². The molecule has 0 fully saturated rings. The summed E-state index contributed by atoms with van der Waals surface area (Å²) in [5.74, 6) is 0.639. The van der Waals surface area contributed by atoms with Gasteiger partial charge < -0.3 is 8.98 Å². The third-order valence-electron chi connectivity index (χ3n) is 8.85. The third kappa shape index (κ3) is 3.99. The molecule has 218 valence electrons. The zero-order valence-electron chi connectivity index (χ0n) is 25.1. The number of aryl methyl sites for hydroxylation is 1. The van der Waals surface area contributed by atoms with Crippen molar-refractivity contribution in [2.45, 2.75) is 6.92 Å². The van der Waals surface area contributed by atoms with Crippen molar-refractivity contribution < 1.29 is 4.42 Å². The molecular weight excluding hydrogens is 583 g/mol. The number of rotatable bonds is 5. The molecule has 0 spiro atoms. The lowest BCUT2D eigenvalue weighted by molar-refractivity contribution is 0.653. The van der Waals surface area contributed by atoms with Gasteiger partial charge in [-0.25, -0.2) is 4.98 Å². The Kier molecular flexibility index (Phi) is 6.02. The van der Waals surface area contributed by atoms with Gasteiger partial charge in [-0.1, -0.05) is 104 Å². The van der Waals surface area contributed by atoms with E-state index < -0.39 is 0 Å². The molecule has 0 amide bonds. The minimum atomic E-state index is 0.586. The molecule has 0 N–H and O–H groups in total. The van der Waals surface area contributed by atoms with Gasteiger partial charge in [0.15, 0.2) is 5.82 Å². The van der Waals surface area contributed by atoms with Crippen molar-refractivity contribution in [2.75, 3.05) is 0 Å². The fourth-order valence-electron chi connectivity index (χ4n) is 6.70. The van der Waals surface area contributed by atoms with Crippen LogP contribution in [0.2, 0.25) is 0 Å². The number of para-hydroxylation sites is 2. The van der Waals surface area contributed by atoms with E-state index in [1.807, 2.05) is 65.9 Å². The third-order valence-corrected chi connectivity index (χ3v) is 10.1. The first-order valence-corrected chi connectivity index (χ1v) is 16.1.